The van der Waals surface area contributed by atoms with Crippen LogP contribution in [0.15, 0.2) is 0 Å². The second kappa shape index (κ2) is 4.80. The van der Waals surface area contributed by atoms with E-state index >= 15 is 0 Å². The summed E-state index contributed by atoms with van der Waals surface area (Å²) in [6.45, 7) is 0.949. The molecule has 17 heavy (non-hydrogen) atoms. The van der Waals surface area contributed by atoms with E-state index in [2.05, 4.69) is 12.6 Å². The van der Waals surface area contributed by atoms with Crippen LogP contribution in [0, 0.1) is 5.41 Å². The first-order valence-electron chi connectivity index (χ1n) is 6.05. The molecule has 4 nitrogen and oxygen atoms in total. The Labute approximate surface area is 108 Å². The molecule has 1 aliphatic heterocycles. The molecule has 1 saturated carbocycles. The van der Waals surface area contributed by atoms with Crippen LogP contribution in [0.25, 0.3) is 0 Å². The van der Waals surface area contributed by atoms with Gasteiger partial charge in [-0.15, -0.1) is 0 Å². The normalized spacial score (nSPS) is 26.3. The maximum absolute atomic E-state index is 12.1. The molecule has 0 aromatic heterocycles. The summed E-state index contributed by atoms with van der Waals surface area (Å²) in [4.78, 5) is 13.8. The zero-order chi connectivity index (χ0) is 12.5. The summed E-state index contributed by atoms with van der Waals surface area (Å²) in [6, 6.07) is 0. The first-order chi connectivity index (χ1) is 7.96. The topological polar surface area (TPSA) is 54.5 Å². The van der Waals surface area contributed by atoms with E-state index < -0.39 is 9.84 Å². The lowest BCUT2D eigenvalue weighted by atomic mass is 10.0. The van der Waals surface area contributed by atoms with E-state index in [1.54, 1.807) is 4.90 Å². The van der Waals surface area contributed by atoms with Crippen molar-refractivity contribution in [3.63, 3.8) is 0 Å². The molecule has 0 atom stereocenters. The molecule has 1 amide bonds. The first-order valence-corrected chi connectivity index (χ1v) is 8.51. The van der Waals surface area contributed by atoms with Crippen molar-refractivity contribution in [1.82, 2.24) is 4.90 Å². The fourth-order valence-electron chi connectivity index (χ4n) is 2.19. The summed E-state index contributed by atoms with van der Waals surface area (Å²) < 4.78 is 22.9. The molecular weight excluding hydrogens is 258 g/mol. The zero-order valence-corrected chi connectivity index (χ0v) is 11.6. The van der Waals surface area contributed by atoms with E-state index in [1.165, 1.54) is 0 Å². The highest BCUT2D eigenvalue weighted by Gasteiger charge is 2.43. The van der Waals surface area contributed by atoms with Crippen molar-refractivity contribution >= 4 is 28.4 Å². The lowest BCUT2D eigenvalue weighted by molar-refractivity contribution is -0.132. The summed E-state index contributed by atoms with van der Waals surface area (Å²) in [5.74, 6) is 1.19. The minimum absolute atomic E-state index is 0.105. The number of hydrogen-bond acceptors (Lipinski definition) is 4. The monoisotopic (exact) mass is 277 g/mol. The van der Waals surface area contributed by atoms with Gasteiger partial charge in [-0.2, -0.15) is 12.6 Å². The average Bonchev–Trinajstić information content (AvgIpc) is 3.04. The molecule has 1 aliphatic carbocycles. The average molecular weight is 277 g/mol. The largest absolute Gasteiger partial charge is 0.342 e. The third-order valence-corrected chi connectivity index (χ3v) is 6.11. The Kier molecular flexibility index (Phi) is 3.73. The van der Waals surface area contributed by atoms with Gasteiger partial charge in [0, 0.05) is 19.5 Å². The predicted molar refractivity (Wildman–Crippen MR) is 70.0 cm³/mol. The van der Waals surface area contributed by atoms with Crippen LogP contribution < -0.4 is 0 Å². The van der Waals surface area contributed by atoms with Gasteiger partial charge in [0.1, 0.15) is 0 Å². The van der Waals surface area contributed by atoms with Gasteiger partial charge in [0.25, 0.3) is 0 Å². The Balaban J connectivity index is 1.91. The lowest BCUT2D eigenvalue weighted by Gasteiger charge is -2.22. The van der Waals surface area contributed by atoms with Crippen LogP contribution in [0.3, 0.4) is 0 Å². The van der Waals surface area contributed by atoms with Gasteiger partial charge < -0.3 is 4.90 Å². The van der Waals surface area contributed by atoms with Gasteiger partial charge in [0.05, 0.1) is 11.5 Å². The third-order valence-electron chi connectivity index (χ3n) is 3.73. The maximum atomic E-state index is 12.1. The molecule has 0 unspecified atom stereocenters. The molecule has 1 heterocycles. The summed E-state index contributed by atoms with van der Waals surface area (Å²) >= 11 is 4.28. The Morgan fingerprint density at radius 2 is 1.94 bits per heavy atom. The molecule has 0 aromatic rings. The summed E-state index contributed by atoms with van der Waals surface area (Å²) in [6.07, 6.45) is 3.27. The van der Waals surface area contributed by atoms with Gasteiger partial charge in [-0.1, -0.05) is 0 Å². The number of amides is 1. The highest BCUT2D eigenvalue weighted by atomic mass is 32.2. The molecule has 0 radical (unpaired) electrons. The van der Waals surface area contributed by atoms with Crippen molar-refractivity contribution in [3.05, 3.63) is 0 Å². The van der Waals surface area contributed by atoms with E-state index in [9.17, 15) is 13.2 Å². The van der Waals surface area contributed by atoms with Crippen molar-refractivity contribution in [3.8, 4) is 0 Å². The molecule has 2 rings (SSSR count). The molecule has 0 aromatic carbocycles. The molecule has 2 aliphatic rings. The van der Waals surface area contributed by atoms with Crippen LogP contribution >= 0.6 is 12.6 Å². The molecule has 2 fully saturated rings. The fraction of sp³-hybridized carbons (Fsp3) is 0.909. The van der Waals surface area contributed by atoms with Gasteiger partial charge in [-0.05, 0) is 30.4 Å². The number of thiol groups is 1. The van der Waals surface area contributed by atoms with Crippen molar-refractivity contribution in [2.24, 2.45) is 5.41 Å². The van der Waals surface area contributed by atoms with Crippen LogP contribution in [0.5, 0.6) is 0 Å². The van der Waals surface area contributed by atoms with Gasteiger partial charge >= 0.3 is 0 Å². The van der Waals surface area contributed by atoms with Crippen LogP contribution in [-0.4, -0.2) is 49.6 Å². The molecule has 98 valence electrons. The molecule has 0 bridgehead atoms. The van der Waals surface area contributed by atoms with E-state index in [-0.39, 0.29) is 22.8 Å². The fourth-order valence-corrected chi connectivity index (χ4v) is 3.89. The maximum Gasteiger partial charge on any atom is 0.223 e. The highest BCUT2D eigenvalue weighted by Crippen LogP contribution is 2.49. The second-order valence-corrected chi connectivity index (χ2v) is 7.84. The Morgan fingerprint density at radius 3 is 2.53 bits per heavy atom. The quantitative estimate of drug-likeness (QED) is 0.774. The SMILES string of the molecule is O=C(CC1(CS)CC1)N1CCCS(=O)(=O)CC1. The van der Waals surface area contributed by atoms with Gasteiger partial charge in [-0.25, -0.2) is 8.42 Å². The van der Waals surface area contributed by atoms with Crippen molar-refractivity contribution < 1.29 is 13.2 Å². The number of carbonyl (C=O) groups excluding carboxylic acids is 1. The van der Waals surface area contributed by atoms with Crippen molar-refractivity contribution in [2.45, 2.75) is 25.7 Å². The Bertz CT molecular complexity index is 401. The lowest BCUT2D eigenvalue weighted by Crippen LogP contribution is -2.35. The van der Waals surface area contributed by atoms with E-state index in [0.717, 1.165) is 18.6 Å². The molecule has 0 N–H and O–H groups in total. The Morgan fingerprint density at radius 1 is 1.24 bits per heavy atom. The summed E-state index contributed by atoms with van der Waals surface area (Å²) in [7, 11) is -2.93. The number of carbonyl (C=O) groups is 1. The van der Waals surface area contributed by atoms with Gasteiger partial charge in [0.15, 0.2) is 9.84 Å². The highest BCUT2D eigenvalue weighted by molar-refractivity contribution is 7.91. The van der Waals surface area contributed by atoms with Gasteiger partial charge in [-0.3, -0.25) is 4.79 Å². The number of sulfone groups is 1. The van der Waals surface area contributed by atoms with Gasteiger partial charge in [0.2, 0.25) is 5.91 Å². The summed E-state index contributed by atoms with van der Waals surface area (Å²) in [5.41, 5.74) is 0.116. The van der Waals surface area contributed by atoms with E-state index in [0.29, 0.717) is 25.9 Å². The Hall–Kier alpha value is -0.230. The number of nitrogens with zero attached hydrogens (tertiary/aromatic N) is 1. The van der Waals surface area contributed by atoms with Crippen molar-refractivity contribution in [2.75, 3.05) is 30.3 Å². The standard InChI is InChI=1S/C11H19NO3S2/c13-10(8-11(9-16)2-3-11)12-4-1-6-17(14,15)7-5-12/h16H,1-9H2. The minimum Gasteiger partial charge on any atom is -0.342 e. The number of rotatable bonds is 3. The van der Waals surface area contributed by atoms with Crippen LogP contribution in [0.2, 0.25) is 0 Å². The van der Waals surface area contributed by atoms with E-state index in [1.807, 2.05) is 0 Å². The second-order valence-electron chi connectivity index (χ2n) is 5.22. The van der Waals surface area contributed by atoms with Crippen LogP contribution in [-0.2, 0) is 14.6 Å². The minimum atomic E-state index is -2.93. The van der Waals surface area contributed by atoms with Crippen LogP contribution in [0.4, 0.5) is 0 Å². The molecule has 6 heteroatoms. The predicted octanol–water partition coefficient (Wildman–Crippen LogP) is 0.734. The summed E-state index contributed by atoms with van der Waals surface area (Å²) in [5, 5.41) is 0. The molecule has 0 spiro atoms. The van der Waals surface area contributed by atoms with Crippen molar-refractivity contribution in [1.29, 1.82) is 0 Å². The molecule has 1 saturated heterocycles. The third kappa shape index (κ3) is 3.37. The van der Waals surface area contributed by atoms with Crippen LogP contribution in [0.1, 0.15) is 25.7 Å². The number of hydrogen-bond donors (Lipinski definition) is 1. The molecular formula is C11H19NO3S2. The zero-order valence-electron chi connectivity index (χ0n) is 9.89. The first kappa shape index (κ1) is 13.2. The van der Waals surface area contributed by atoms with E-state index in [4.69, 9.17) is 0 Å². The smallest absolute Gasteiger partial charge is 0.223 e.